The molecular weight excluding hydrogens is 841 g/mol. The van der Waals surface area contributed by atoms with Crippen molar-refractivity contribution in [2.45, 2.75) is 223 Å². The monoisotopic (exact) mass is 961 g/mol. The van der Waals surface area contributed by atoms with Crippen molar-refractivity contribution < 1.29 is 5.11 Å². The van der Waals surface area contributed by atoms with Crippen molar-refractivity contribution >= 4 is 17.3 Å². The maximum atomic E-state index is 8.99. The molecule has 0 spiro atoms. The Balaban J connectivity index is -0.000000350. The standard InChI is InChI=1S/C13H16.C10H14O.C10H14.3C7H16.C6H14S.C6H14/c1-10(2)9-12-8-7-11-5-3-4-6-13(11)12;1-8(2)7-9-3-5-10(11)6-4-9;1-9(2)8-10-6-4-3-5-7-10;1-6(2)5-7(3)4;1-5-7(4)6(2)3;1-4-5-6-7(2)3;1-6(2)4-5-7-3;1-5(2)6(3)4/h3-6,8,10H,7,9H2,1-2H3;3-6,8,11H,7H2,1-2H3;3-7,9H,8H2,1-2H3;2*6-7H,5H2,1-4H3;7H,4-6H2,1-3H3;6H,4-5H2,1-3H3;5-6H,1-4H3. The van der Waals surface area contributed by atoms with E-state index in [2.05, 4.69) is 226 Å². The molecule has 4 rings (SSSR count). The van der Waals surface area contributed by atoms with Crippen LogP contribution >= 0.6 is 11.8 Å². The van der Waals surface area contributed by atoms with Gasteiger partial charge in [0.15, 0.2) is 0 Å². The largest absolute Gasteiger partial charge is 0.508 e. The number of thioether (sulfide) groups is 1. The van der Waals surface area contributed by atoms with Gasteiger partial charge < -0.3 is 5.11 Å². The summed E-state index contributed by atoms with van der Waals surface area (Å²) in [7, 11) is 0. The Hall–Kier alpha value is -2.45. The van der Waals surface area contributed by atoms with Crippen molar-refractivity contribution in [2.24, 2.45) is 65.1 Å². The molecule has 1 aliphatic rings. The summed E-state index contributed by atoms with van der Waals surface area (Å²) in [5.74, 6) is 10.9. The molecule has 0 heterocycles. The first-order valence-electron chi connectivity index (χ1n) is 27.8. The van der Waals surface area contributed by atoms with Crippen molar-refractivity contribution in [3.8, 4) is 5.75 Å². The lowest BCUT2D eigenvalue weighted by Crippen LogP contribution is -2.00. The third kappa shape index (κ3) is 51.4. The predicted octanol–water partition coefficient (Wildman–Crippen LogP) is 22.1. The van der Waals surface area contributed by atoms with Gasteiger partial charge in [-0.15, -0.1) is 0 Å². The molecule has 1 atom stereocenters. The number of benzene rings is 3. The van der Waals surface area contributed by atoms with Gasteiger partial charge in [-0.3, -0.25) is 0 Å². The summed E-state index contributed by atoms with van der Waals surface area (Å²) < 4.78 is 0. The van der Waals surface area contributed by atoms with Gasteiger partial charge >= 0.3 is 0 Å². The highest BCUT2D eigenvalue weighted by Gasteiger charge is 2.13. The number of phenolic OH excluding ortho intramolecular Hbond substituents is 1. The second kappa shape index (κ2) is 46.9. The number of rotatable bonds is 17. The fraction of sp³-hybridized carbons (Fsp3) is 0.697. The number of allylic oxidation sites excluding steroid dienone is 2. The summed E-state index contributed by atoms with van der Waals surface area (Å²) in [6, 6.07) is 26.8. The molecule has 0 amide bonds. The fourth-order valence-corrected chi connectivity index (χ4v) is 7.26. The van der Waals surface area contributed by atoms with Gasteiger partial charge in [0.05, 0.1) is 0 Å². The van der Waals surface area contributed by atoms with Gasteiger partial charge in [0.1, 0.15) is 5.75 Å². The smallest absolute Gasteiger partial charge is 0.115 e. The number of fused-ring (bicyclic) bond motifs is 1. The molecule has 0 radical (unpaired) electrons. The SMILES string of the molecule is CC(C)C(C)C.CC(C)CC(C)C.CC(C)CC1=CCc2ccccc21.CC(C)Cc1ccc(O)cc1.CC(C)Cc1ccccc1.CCC(C)C(C)C.CCCCC(C)C.CSCCC(C)C. The van der Waals surface area contributed by atoms with Gasteiger partial charge in [0.2, 0.25) is 0 Å². The average molecular weight is 962 g/mol. The van der Waals surface area contributed by atoms with Crippen LogP contribution in [0.4, 0.5) is 0 Å². The van der Waals surface area contributed by atoms with Crippen LogP contribution in [0.3, 0.4) is 0 Å². The van der Waals surface area contributed by atoms with Crippen molar-refractivity contribution in [1.82, 2.24) is 0 Å². The van der Waals surface area contributed by atoms with Gasteiger partial charge in [-0.05, 0) is 156 Å². The second-order valence-corrected chi connectivity index (χ2v) is 24.4. The van der Waals surface area contributed by atoms with Crippen LogP contribution in [-0.4, -0.2) is 17.1 Å². The van der Waals surface area contributed by atoms with Gasteiger partial charge in [0, 0.05) is 0 Å². The average Bonchev–Trinajstić information content (AvgIpc) is 3.65. The van der Waals surface area contributed by atoms with E-state index in [4.69, 9.17) is 5.11 Å². The van der Waals surface area contributed by atoms with Crippen LogP contribution in [0.1, 0.15) is 226 Å². The predicted molar refractivity (Wildman–Crippen MR) is 320 cm³/mol. The number of unbranched alkanes of at least 4 members (excludes halogenated alkanes) is 1. The molecule has 0 aliphatic heterocycles. The molecule has 0 fully saturated rings. The third-order valence-electron chi connectivity index (χ3n) is 11.7. The first kappa shape index (κ1) is 72.1. The Morgan fingerprint density at radius 3 is 1.22 bits per heavy atom. The molecule has 0 aromatic heterocycles. The molecule has 1 N–H and O–H groups in total. The van der Waals surface area contributed by atoms with Gasteiger partial charge in [-0.25, -0.2) is 0 Å². The van der Waals surface area contributed by atoms with Crippen LogP contribution in [0.25, 0.3) is 5.57 Å². The Morgan fingerprint density at radius 1 is 0.471 bits per heavy atom. The number of hydrogen-bond acceptors (Lipinski definition) is 2. The van der Waals surface area contributed by atoms with E-state index in [1.807, 2.05) is 23.9 Å². The Kier molecular flexibility index (Phi) is 49.7. The Bertz CT molecular complexity index is 1470. The van der Waals surface area contributed by atoms with Gasteiger partial charge in [-0.2, -0.15) is 11.8 Å². The van der Waals surface area contributed by atoms with Crippen molar-refractivity contribution in [2.75, 3.05) is 12.0 Å². The third-order valence-corrected chi connectivity index (χ3v) is 12.4. The minimum atomic E-state index is 0.345. The maximum Gasteiger partial charge on any atom is 0.115 e. The first-order chi connectivity index (χ1) is 31.7. The summed E-state index contributed by atoms with van der Waals surface area (Å²) in [5, 5.41) is 8.99. The van der Waals surface area contributed by atoms with E-state index in [9.17, 15) is 0 Å². The van der Waals surface area contributed by atoms with E-state index >= 15 is 0 Å². The van der Waals surface area contributed by atoms with E-state index < -0.39 is 0 Å². The lowest BCUT2D eigenvalue weighted by Gasteiger charge is -2.10. The van der Waals surface area contributed by atoms with Crippen LogP contribution in [0, 0.1) is 65.1 Å². The molecule has 1 unspecified atom stereocenters. The molecular formula is C66H120OS. The number of phenols is 1. The van der Waals surface area contributed by atoms with Gasteiger partial charge in [0.25, 0.3) is 0 Å². The maximum absolute atomic E-state index is 8.99. The molecule has 3 aromatic carbocycles. The molecule has 68 heavy (non-hydrogen) atoms. The van der Waals surface area contributed by atoms with Crippen LogP contribution in [-0.2, 0) is 19.3 Å². The molecule has 1 nitrogen and oxygen atoms in total. The normalized spacial score (nSPS) is 11.8. The van der Waals surface area contributed by atoms with E-state index in [0.29, 0.717) is 11.7 Å². The van der Waals surface area contributed by atoms with Gasteiger partial charge in [-0.1, -0.05) is 258 Å². The van der Waals surface area contributed by atoms with Crippen LogP contribution < -0.4 is 0 Å². The molecule has 2 heteroatoms. The molecule has 396 valence electrons. The Labute approximate surface area is 433 Å². The minimum Gasteiger partial charge on any atom is -0.508 e. The van der Waals surface area contributed by atoms with Crippen LogP contribution in [0.2, 0.25) is 0 Å². The van der Waals surface area contributed by atoms with Crippen molar-refractivity contribution in [3.63, 3.8) is 0 Å². The van der Waals surface area contributed by atoms with Crippen LogP contribution in [0.5, 0.6) is 5.75 Å². The highest BCUT2D eigenvalue weighted by molar-refractivity contribution is 7.98. The zero-order valence-corrected chi connectivity index (χ0v) is 50.9. The summed E-state index contributed by atoms with van der Waals surface area (Å²) in [4.78, 5) is 0. The summed E-state index contributed by atoms with van der Waals surface area (Å²) in [6.07, 6.45) is 17.4. The van der Waals surface area contributed by atoms with E-state index in [1.165, 1.54) is 79.4 Å². The highest BCUT2D eigenvalue weighted by atomic mass is 32.2. The highest BCUT2D eigenvalue weighted by Crippen LogP contribution is 2.31. The molecule has 0 bridgehead atoms. The van der Waals surface area contributed by atoms with E-state index in [-0.39, 0.29) is 0 Å². The zero-order chi connectivity index (χ0) is 53.2. The van der Waals surface area contributed by atoms with E-state index in [0.717, 1.165) is 72.0 Å². The summed E-state index contributed by atoms with van der Waals surface area (Å²) >= 11 is 1.93. The molecule has 0 saturated heterocycles. The number of hydrogen-bond donors (Lipinski definition) is 1. The molecule has 1 aliphatic carbocycles. The summed E-state index contributed by atoms with van der Waals surface area (Å²) in [5.41, 5.74) is 7.26. The van der Waals surface area contributed by atoms with Crippen molar-refractivity contribution in [3.05, 3.63) is 107 Å². The molecule has 3 aromatic rings. The minimum absolute atomic E-state index is 0.345. The lowest BCUT2D eigenvalue weighted by molar-refractivity contribution is 0.407. The van der Waals surface area contributed by atoms with Crippen LogP contribution in [0.15, 0.2) is 84.9 Å². The number of aromatic hydroxyl groups is 1. The van der Waals surface area contributed by atoms with E-state index in [1.54, 1.807) is 17.7 Å². The summed E-state index contributed by atoms with van der Waals surface area (Å²) in [6.45, 7) is 51.8. The fourth-order valence-electron chi connectivity index (χ4n) is 6.56. The topological polar surface area (TPSA) is 20.2 Å². The first-order valence-corrected chi connectivity index (χ1v) is 29.2. The second-order valence-electron chi connectivity index (χ2n) is 23.4. The quantitative estimate of drug-likeness (QED) is 0.145. The Morgan fingerprint density at radius 2 is 0.912 bits per heavy atom. The molecule has 0 saturated carbocycles. The lowest BCUT2D eigenvalue weighted by atomic mass is 9.96. The zero-order valence-electron chi connectivity index (χ0n) is 50.1. The van der Waals surface area contributed by atoms with Crippen molar-refractivity contribution in [1.29, 1.82) is 0 Å².